The Hall–Kier alpha value is -1.35. The van der Waals surface area contributed by atoms with Gasteiger partial charge in [0.05, 0.1) is 0 Å². The van der Waals surface area contributed by atoms with Crippen LogP contribution in [0.25, 0.3) is 6.08 Å². The van der Waals surface area contributed by atoms with Crippen LogP contribution >= 0.6 is 0 Å². The molecule has 1 saturated heterocycles. The van der Waals surface area contributed by atoms with Crippen molar-refractivity contribution in [2.75, 3.05) is 37.6 Å². The fourth-order valence-corrected chi connectivity index (χ4v) is 2.25. The van der Waals surface area contributed by atoms with Crippen LogP contribution in [-0.2, 0) is 0 Å². The topological polar surface area (TPSA) is 19.4 Å². The number of aromatic nitrogens is 1. The molecule has 3 nitrogen and oxygen atoms in total. The van der Waals surface area contributed by atoms with Crippen LogP contribution in [0.4, 0.5) is 5.82 Å². The number of piperazine rings is 1. The number of pyridine rings is 1. The van der Waals surface area contributed by atoms with Gasteiger partial charge in [0.25, 0.3) is 0 Å². The molecule has 0 saturated carbocycles. The molecule has 2 heterocycles. The lowest BCUT2D eigenvalue weighted by Gasteiger charge is -2.35. The molecule has 0 spiro atoms. The molecule has 1 aliphatic rings. The van der Waals surface area contributed by atoms with Crippen molar-refractivity contribution in [3.8, 4) is 0 Å². The summed E-state index contributed by atoms with van der Waals surface area (Å²) in [6.45, 7) is 11.7. The molecule has 1 aliphatic heterocycles. The molecule has 1 fully saturated rings. The van der Waals surface area contributed by atoms with E-state index in [4.69, 9.17) is 0 Å². The molecule has 17 heavy (non-hydrogen) atoms. The number of rotatable bonds is 4. The lowest BCUT2D eigenvalue weighted by atomic mass is 10.2. The molecule has 1 aromatic heterocycles. The molecular weight excluding hydrogens is 210 g/mol. The molecule has 0 atom stereocenters. The fraction of sp³-hybridized carbons (Fsp3) is 0.500. The lowest BCUT2D eigenvalue weighted by Crippen LogP contribution is -2.46. The van der Waals surface area contributed by atoms with Crippen LogP contribution in [0.3, 0.4) is 0 Å². The van der Waals surface area contributed by atoms with E-state index in [-0.39, 0.29) is 0 Å². The molecule has 2 rings (SSSR count). The predicted molar refractivity (Wildman–Crippen MR) is 73.3 cm³/mol. The van der Waals surface area contributed by atoms with Crippen LogP contribution in [0, 0.1) is 0 Å². The van der Waals surface area contributed by atoms with E-state index in [0.717, 1.165) is 37.6 Å². The Morgan fingerprint density at radius 2 is 2.12 bits per heavy atom. The normalized spacial score (nSPS) is 17.1. The van der Waals surface area contributed by atoms with Gasteiger partial charge >= 0.3 is 0 Å². The van der Waals surface area contributed by atoms with Crippen molar-refractivity contribution in [2.24, 2.45) is 0 Å². The first-order valence-electron chi connectivity index (χ1n) is 6.39. The highest BCUT2D eigenvalue weighted by atomic mass is 15.3. The third kappa shape index (κ3) is 3.07. The van der Waals surface area contributed by atoms with Crippen LogP contribution in [0.1, 0.15) is 18.9 Å². The van der Waals surface area contributed by atoms with Gasteiger partial charge in [0.1, 0.15) is 5.82 Å². The summed E-state index contributed by atoms with van der Waals surface area (Å²) in [6.07, 6.45) is 4.98. The Balaban J connectivity index is 1.97. The van der Waals surface area contributed by atoms with E-state index in [0.29, 0.717) is 0 Å². The smallest absolute Gasteiger partial charge is 0.129 e. The lowest BCUT2D eigenvalue weighted by molar-refractivity contribution is 0.258. The number of anilines is 1. The minimum absolute atomic E-state index is 1.08. The van der Waals surface area contributed by atoms with Gasteiger partial charge in [0.2, 0.25) is 0 Å². The van der Waals surface area contributed by atoms with Gasteiger partial charge in [-0.25, -0.2) is 4.98 Å². The van der Waals surface area contributed by atoms with Crippen LogP contribution in [0.5, 0.6) is 0 Å². The average molecular weight is 231 g/mol. The van der Waals surface area contributed by atoms with Gasteiger partial charge < -0.3 is 4.90 Å². The first-order valence-corrected chi connectivity index (χ1v) is 6.39. The van der Waals surface area contributed by atoms with E-state index in [1.54, 1.807) is 0 Å². The van der Waals surface area contributed by atoms with Crippen molar-refractivity contribution in [3.63, 3.8) is 0 Å². The average Bonchev–Trinajstić information content (AvgIpc) is 2.40. The van der Waals surface area contributed by atoms with Crippen LogP contribution in [0.2, 0.25) is 0 Å². The van der Waals surface area contributed by atoms with Gasteiger partial charge in [-0.2, -0.15) is 0 Å². The van der Waals surface area contributed by atoms with Crippen molar-refractivity contribution < 1.29 is 0 Å². The van der Waals surface area contributed by atoms with Crippen molar-refractivity contribution in [2.45, 2.75) is 13.3 Å². The molecule has 0 N–H and O–H groups in total. The first kappa shape index (κ1) is 12.1. The Kier molecular flexibility index (Phi) is 4.15. The Morgan fingerprint density at radius 1 is 1.35 bits per heavy atom. The second kappa shape index (κ2) is 5.82. The summed E-state index contributed by atoms with van der Waals surface area (Å²) in [7, 11) is 0. The van der Waals surface area contributed by atoms with Crippen molar-refractivity contribution in [1.82, 2.24) is 9.88 Å². The van der Waals surface area contributed by atoms with Crippen molar-refractivity contribution >= 4 is 11.9 Å². The highest BCUT2D eigenvalue weighted by Gasteiger charge is 2.16. The first-order chi connectivity index (χ1) is 8.33. The highest BCUT2D eigenvalue weighted by Crippen LogP contribution is 2.15. The summed E-state index contributed by atoms with van der Waals surface area (Å²) in [4.78, 5) is 9.32. The predicted octanol–water partition coefficient (Wildman–Crippen LogP) is 2.26. The van der Waals surface area contributed by atoms with Crippen LogP contribution in [0.15, 0.2) is 24.9 Å². The summed E-state index contributed by atoms with van der Waals surface area (Å²) >= 11 is 0. The Labute approximate surface area is 104 Å². The zero-order valence-corrected chi connectivity index (χ0v) is 10.6. The Bertz CT molecular complexity index is 367. The third-order valence-corrected chi connectivity index (χ3v) is 3.24. The molecule has 92 valence electrons. The van der Waals surface area contributed by atoms with Crippen molar-refractivity contribution in [3.05, 3.63) is 30.5 Å². The standard InChI is InChI=1S/C14H21N3/c1-3-7-16-8-10-17(11-9-16)14-12-13(4-2)5-6-15-14/h4-6,12H,2-3,7-11H2,1H3. The van der Waals surface area contributed by atoms with Crippen molar-refractivity contribution in [1.29, 1.82) is 0 Å². The van der Waals surface area contributed by atoms with Gasteiger partial charge in [-0.05, 0) is 30.7 Å². The molecule has 0 aromatic carbocycles. The van der Waals surface area contributed by atoms with E-state index < -0.39 is 0 Å². The minimum Gasteiger partial charge on any atom is -0.354 e. The summed E-state index contributed by atoms with van der Waals surface area (Å²) < 4.78 is 0. The second-order valence-corrected chi connectivity index (χ2v) is 4.48. The maximum Gasteiger partial charge on any atom is 0.129 e. The molecule has 0 amide bonds. The molecule has 3 heteroatoms. The van der Waals surface area contributed by atoms with Gasteiger partial charge in [-0.15, -0.1) is 0 Å². The number of hydrogen-bond donors (Lipinski definition) is 0. The van der Waals surface area contributed by atoms with E-state index in [2.05, 4.69) is 34.4 Å². The largest absolute Gasteiger partial charge is 0.354 e. The SMILES string of the molecule is C=Cc1ccnc(N2CCN(CCC)CC2)c1. The zero-order chi connectivity index (χ0) is 12.1. The second-order valence-electron chi connectivity index (χ2n) is 4.48. The maximum absolute atomic E-state index is 4.44. The summed E-state index contributed by atoms with van der Waals surface area (Å²) in [5, 5.41) is 0. The van der Waals surface area contributed by atoms with Gasteiger partial charge in [0.15, 0.2) is 0 Å². The summed E-state index contributed by atoms with van der Waals surface area (Å²) in [5.41, 5.74) is 1.14. The number of hydrogen-bond acceptors (Lipinski definition) is 3. The molecule has 0 bridgehead atoms. The quantitative estimate of drug-likeness (QED) is 0.792. The van der Waals surface area contributed by atoms with Crippen LogP contribution in [-0.4, -0.2) is 42.6 Å². The van der Waals surface area contributed by atoms with Gasteiger partial charge in [-0.3, -0.25) is 4.90 Å². The molecule has 1 aromatic rings. The van der Waals surface area contributed by atoms with E-state index >= 15 is 0 Å². The van der Waals surface area contributed by atoms with Crippen LogP contribution < -0.4 is 4.90 Å². The molecule has 0 unspecified atom stereocenters. The number of nitrogens with zero attached hydrogens (tertiary/aromatic N) is 3. The summed E-state index contributed by atoms with van der Waals surface area (Å²) in [6, 6.07) is 4.10. The Morgan fingerprint density at radius 3 is 2.76 bits per heavy atom. The molecule has 0 radical (unpaired) electrons. The fourth-order valence-electron chi connectivity index (χ4n) is 2.25. The van der Waals surface area contributed by atoms with E-state index in [9.17, 15) is 0 Å². The van der Waals surface area contributed by atoms with Gasteiger partial charge in [0, 0.05) is 32.4 Å². The molecule has 0 aliphatic carbocycles. The minimum atomic E-state index is 1.08. The molecular formula is C14H21N3. The van der Waals surface area contributed by atoms with E-state index in [1.165, 1.54) is 13.0 Å². The monoisotopic (exact) mass is 231 g/mol. The third-order valence-electron chi connectivity index (χ3n) is 3.24. The zero-order valence-electron chi connectivity index (χ0n) is 10.6. The highest BCUT2D eigenvalue weighted by molar-refractivity contribution is 5.53. The van der Waals surface area contributed by atoms with E-state index in [1.807, 2.05) is 18.3 Å². The summed E-state index contributed by atoms with van der Waals surface area (Å²) in [5.74, 6) is 1.08. The van der Waals surface area contributed by atoms with Gasteiger partial charge in [-0.1, -0.05) is 19.6 Å². The maximum atomic E-state index is 4.44.